The number of allylic oxidation sites excluding steroid dienone is 3. The van der Waals surface area contributed by atoms with E-state index in [9.17, 15) is 15.0 Å². The molecule has 1 heterocycles. The van der Waals surface area contributed by atoms with Crippen LogP contribution < -0.4 is 0 Å². The molecule has 0 aromatic heterocycles. The van der Waals surface area contributed by atoms with Crippen molar-refractivity contribution in [2.24, 2.45) is 11.8 Å². The van der Waals surface area contributed by atoms with Gasteiger partial charge in [-0.15, -0.1) is 0 Å². The number of amides is 1. The third kappa shape index (κ3) is 3.76. The minimum absolute atomic E-state index is 0.0439. The molecule has 2 N–H and O–H groups in total. The van der Waals surface area contributed by atoms with Crippen molar-refractivity contribution < 1.29 is 15.0 Å². The number of rotatable bonds is 6. The number of nitrogens with zero attached hydrogens (tertiary/aromatic N) is 1. The first-order valence-electron chi connectivity index (χ1n) is 9.87. The number of phenolic OH excluding ortho intramolecular Hbond substituents is 2. The Labute approximate surface area is 162 Å². The van der Waals surface area contributed by atoms with E-state index in [4.69, 9.17) is 0 Å². The molecule has 1 saturated heterocycles. The molecular weight excluding hydrogens is 338 g/mol. The summed E-state index contributed by atoms with van der Waals surface area (Å²) in [5.74, 6) is 0.833. The molecular formula is C23H30NO3. The number of phenols is 2. The van der Waals surface area contributed by atoms with Crippen LogP contribution in [0.1, 0.15) is 57.1 Å². The zero-order chi connectivity index (χ0) is 19.7. The third-order valence-electron chi connectivity index (χ3n) is 6.32. The number of hydrogen-bond acceptors (Lipinski definition) is 3. The van der Waals surface area contributed by atoms with Crippen molar-refractivity contribution >= 4 is 6.41 Å². The molecule has 2 aliphatic rings. The molecule has 4 nitrogen and oxygen atoms in total. The SMILES string of the molecule is C=C(C)[C@@H]1CCC(C)=C[C@H]1c1c(O)cc(CC2CN([C]=O)C2CC)cc1O. The van der Waals surface area contributed by atoms with Crippen LogP contribution in [0.25, 0.3) is 0 Å². The van der Waals surface area contributed by atoms with Gasteiger partial charge in [-0.1, -0.05) is 30.7 Å². The Hall–Kier alpha value is -2.23. The molecule has 3 rings (SSSR count). The van der Waals surface area contributed by atoms with Crippen molar-refractivity contribution in [3.8, 4) is 11.5 Å². The van der Waals surface area contributed by atoms with Crippen LogP contribution >= 0.6 is 0 Å². The van der Waals surface area contributed by atoms with Crippen LogP contribution in [0.5, 0.6) is 11.5 Å². The Kier molecular flexibility index (Phi) is 5.64. The lowest BCUT2D eigenvalue weighted by Crippen LogP contribution is -2.55. The lowest BCUT2D eigenvalue weighted by Gasteiger charge is -2.45. The Morgan fingerprint density at radius 3 is 2.56 bits per heavy atom. The number of hydrogen-bond donors (Lipinski definition) is 2. The van der Waals surface area contributed by atoms with Gasteiger partial charge in [0.25, 0.3) is 0 Å². The molecule has 1 aromatic carbocycles. The van der Waals surface area contributed by atoms with E-state index in [0.717, 1.165) is 36.8 Å². The summed E-state index contributed by atoms with van der Waals surface area (Å²) < 4.78 is 0. The Balaban J connectivity index is 1.86. The van der Waals surface area contributed by atoms with E-state index in [1.807, 2.05) is 13.3 Å². The van der Waals surface area contributed by atoms with Crippen LogP contribution in [0.3, 0.4) is 0 Å². The molecule has 27 heavy (non-hydrogen) atoms. The van der Waals surface area contributed by atoms with Gasteiger partial charge in [-0.25, -0.2) is 0 Å². The van der Waals surface area contributed by atoms with Gasteiger partial charge in [0.2, 0.25) is 0 Å². The number of likely N-dealkylation sites (tertiary alicyclic amines) is 1. The molecule has 0 spiro atoms. The second-order valence-electron chi connectivity index (χ2n) is 8.26. The van der Waals surface area contributed by atoms with E-state index < -0.39 is 0 Å². The van der Waals surface area contributed by atoms with Gasteiger partial charge in [-0.2, -0.15) is 0 Å². The first-order valence-corrected chi connectivity index (χ1v) is 9.87. The Morgan fingerprint density at radius 2 is 2.00 bits per heavy atom. The maximum Gasteiger partial charge on any atom is 0.312 e. The van der Waals surface area contributed by atoms with E-state index in [1.165, 1.54) is 5.57 Å². The largest absolute Gasteiger partial charge is 0.507 e. The van der Waals surface area contributed by atoms with E-state index in [-0.39, 0.29) is 29.4 Å². The molecule has 4 heteroatoms. The average Bonchev–Trinajstić information content (AvgIpc) is 2.57. The molecule has 145 valence electrons. The second-order valence-corrected chi connectivity index (χ2v) is 8.26. The summed E-state index contributed by atoms with van der Waals surface area (Å²) in [5, 5.41) is 21.5. The number of carbonyl (C=O) groups excluding carboxylic acids is 1. The Morgan fingerprint density at radius 1 is 1.33 bits per heavy atom. The Bertz CT molecular complexity index is 744. The summed E-state index contributed by atoms with van der Waals surface area (Å²) in [4.78, 5) is 12.6. The van der Waals surface area contributed by atoms with Gasteiger partial charge in [0, 0.05) is 30.0 Å². The van der Waals surface area contributed by atoms with Crippen LogP contribution in [0.15, 0.2) is 35.9 Å². The summed E-state index contributed by atoms with van der Waals surface area (Å²) >= 11 is 0. The maximum atomic E-state index is 10.9. The van der Waals surface area contributed by atoms with Crippen molar-refractivity contribution in [1.82, 2.24) is 4.90 Å². The summed E-state index contributed by atoms with van der Waals surface area (Å²) in [6.45, 7) is 11.0. The van der Waals surface area contributed by atoms with Crippen molar-refractivity contribution in [2.45, 2.75) is 58.4 Å². The predicted octanol–water partition coefficient (Wildman–Crippen LogP) is 4.43. The zero-order valence-corrected chi connectivity index (χ0v) is 16.5. The molecule has 1 radical (unpaired) electrons. The number of benzene rings is 1. The molecule has 1 fully saturated rings. The normalized spacial score (nSPS) is 27.7. The highest BCUT2D eigenvalue weighted by Crippen LogP contribution is 2.46. The van der Waals surface area contributed by atoms with Crippen LogP contribution in [0, 0.1) is 11.8 Å². The topological polar surface area (TPSA) is 60.8 Å². The molecule has 1 amide bonds. The van der Waals surface area contributed by atoms with Crippen LogP contribution in [0.4, 0.5) is 0 Å². The molecule has 2 unspecified atom stereocenters. The molecule has 1 aliphatic heterocycles. The summed E-state index contributed by atoms with van der Waals surface area (Å²) in [5.41, 5.74) is 3.88. The van der Waals surface area contributed by atoms with E-state index in [2.05, 4.69) is 26.5 Å². The first-order chi connectivity index (χ1) is 12.8. The van der Waals surface area contributed by atoms with Gasteiger partial charge in [0.05, 0.1) is 0 Å². The quantitative estimate of drug-likeness (QED) is 0.730. The molecule has 0 bridgehead atoms. The van der Waals surface area contributed by atoms with Crippen LogP contribution in [0.2, 0.25) is 0 Å². The lowest BCUT2D eigenvalue weighted by atomic mass is 9.73. The molecule has 1 aromatic rings. The van der Waals surface area contributed by atoms with Crippen LogP contribution in [-0.4, -0.2) is 34.1 Å². The van der Waals surface area contributed by atoms with Gasteiger partial charge < -0.3 is 15.1 Å². The predicted molar refractivity (Wildman–Crippen MR) is 107 cm³/mol. The van der Waals surface area contributed by atoms with Gasteiger partial charge >= 0.3 is 6.41 Å². The highest BCUT2D eigenvalue weighted by molar-refractivity contribution is 5.53. The fourth-order valence-electron chi connectivity index (χ4n) is 4.83. The zero-order valence-electron chi connectivity index (χ0n) is 16.5. The summed E-state index contributed by atoms with van der Waals surface area (Å²) in [6.07, 6.45) is 7.79. The highest BCUT2D eigenvalue weighted by Gasteiger charge is 2.37. The van der Waals surface area contributed by atoms with Crippen molar-refractivity contribution in [2.75, 3.05) is 6.54 Å². The fraction of sp³-hybridized carbons (Fsp3) is 0.522. The number of aromatic hydroxyl groups is 2. The molecule has 1 aliphatic carbocycles. The van der Waals surface area contributed by atoms with Crippen molar-refractivity contribution in [3.05, 3.63) is 47.1 Å². The minimum atomic E-state index is -0.0439. The summed E-state index contributed by atoms with van der Waals surface area (Å²) in [7, 11) is 0. The van der Waals surface area contributed by atoms with E-state index in [1.54, 1.807) is 17.0 Å². The van der Waals surface area contributed by atoms with Gasteiger partial charge in [0.1, 0.15) is 11.5 Å². The van der Waals surface area contributed by atoms with Gasteiger partial charge in [0.15, 0.2) is 0 Å². The molecule has 0 saturated carbocycles. The van der Waals surface area contributed by atoms with Crippen molar-refractivity contribution in [1.29, 1.82) is 0 Å². The standard InChI is InChI=1S/C23H30NO3/c1-5-20-17(12-24(20)13-25)9-16-10-21(26)23(22(27)11-16)19-8-15(4)6-7-18(19)14(2)3/h8,10-11,17-20,26-27H,2,5-7,9,12H2,1,3-4H3/t17?,18-,19+,20?/m0/s1. The maximum absolute atomic E-state index is 10.9. The van der Waals surface area contributed by atoms with Crippen molar-refractivity contribution in [3.63, 3.8) is 0 Å². The van der Waals surface area contributed by atoms with Crippen LogP contribution in [-0.2, 0) is 11.2 Å². The van der Waals surface area contributed by atoms with E-state index in [0.29, 0.717) is 18.0 Å². The third-order valence-corrected chi connectivity index (χ3v) is 6.32. The highest BCUT2D eigenvalue weighted by atomic mass is 16.3. The average molecular weight is 368 g/mol. The van der Waals surface area contributed by atoms with Gasteiger partial charge in [-0.05, 0) is 63.1 Å². The lowest BCUT2D eigenvalue weighted by molar-refractivity contribution is 0.0800. The smallest absolute Gasteiger partial charge is 0.312 e. The monoisotopic (exact) mass is 368 g/mol. The summed E-state index contributed by atoms with van der Waals surface area (Å²) in [6, 6.07) is 3.76. The fourth-order valence-corrected chi connectivity index (χ4v) is 4.83. The minimum Gasteiger partial charge on any atom is -0.507 e. The second kappa shape index (κ2) is 7.79. The van der Waals surface area contributed by atoms with E-state index >= 15 is 0 Å². The first kappa shape index (κ1) is 19.5. The van der Waals surface area contributed by atoms with Gasteiger partial charge in [-0.3, -0.25) is 4.79 Å². The molecule has 4 atom stereocenters.